The molecule has 1 aromatic carbocycles. The van der Waals surface area contributed by atoms with E-state index in [4.69, 9.17) is 4.74 Å². The highest BCUT2D eigenvalue weighted by Crippen LogP contribution is 2.31. The van der Waals surface area contributed by atoms with E-state index < -0.39 is 30.7 Å². The van der Waals surface area contributed by atoms with Gasteiger partial charge in [-0.3, -0.25) is 4.79 Å². The molecule has 1 amide bonds. The number of benzene rings is 1. The zero-order chi connectivity index (χ0) is 20.5. The summed E-state index contributed by atoms with van der Waals surface area (Å²) in [7, 11) is 0. The minimum Gasteiger partial charge on any atom is -0.448 e. The van der Waals surface area contributed by atoms with E-state index in [2.05, 4.69) is 5.10 Å². The van der Waals surface area contributed by atoms with Gasteiger partial charge in [-0.25, -0.2) is 9.48 Å². The molecule has 3 aromatic rings. The first-order valence-corrected chi connectivity index (χ1v) is 9.07. The van der Waals surface area contributed by atoms with Gasteiger partial charge in [0.25, 0.3) is 5.91 Å². The van der Waals surface area contributed by atoms with Crippen molar-refractivity contribution in [2.24, 2.45) is 0 Å². The number of ether oxygens (including phenoxy) is 1. The zero-order valence-electron chi connectivity index (χ0n) is 14.9. The number of aromatic nitrogens is 2. The number of hydrogen-bond donors (Lipinski definition) is 1. The summed E-state index contributed by atoms with van der Waals surface area (Å²) >= 11 is 1.13. The number of nitrogens with zero attached hydrogens (tertiary/aromatic N) is 2. The van der Waals surface area contributed by atoms with Crippen molar-refractivity contribution in [3.8, 4) is 5.69 Å². The highest BCUT2D eigenvalue weighted by molar-refractivity contribution is 7.20. The number of aryl methyl sites for hydroxylation is 1. The number of fused-ring (bicyclic) bond motifs is 1. The van der Waals surface area contributed by atoms with Gasteiger partial charge in [0.05, 0.1) is 11.4 Å². The molecule has 0 saturated heterocycles. The quantitative estimate of drug-likeness (QED) is 0.651. The number of rotatable bonds is 5. The summed E-state index contributed by atoms with van der Waals surface area (Å²) in [5.41, 5.74) is 1.53. The van der Waals surface area contributed by atoms with E-state index in [-0.39, 0.29) is 4.88 Å². The number of alkyl halides is 3. The SMILES string of the molecule is Cc1nn(-c2ccccc2)c2sc(C(=O)OC(C)C(=O)NCC(F)(F)F)cc12. The third-order valence-corrected chi connectivity index (χ3v) is 4.95. The molecule has 2 aromatic heterocycles. The van der Waals surface area contributed by atoms with Gasteiger partial charge in [0.15, 0.2) is 6.10 Å². The molecule has 10 heteroatoms. The average molecular weight is 411 g/mol. The monoisotopic (exact) mass is 411 g/mol. The Balaban J connectivity index is 1.77. The van der Waals surface area contributed by atoms with Gasteiger partial charge in [0, 0.05) is 5.39 Å². The van der Waals surface area contributed by atoms with Crippen LogP contribution in [0.5, 0.6) is 0 Å². The van der Waals surface area contributed by atoms with Gasteiger partial charge < -0.3 is 10.1 Å². The van der Waals surface area contributed by atoms with Crippen molar-refractivity contribution in [2.45, 2.75) is 26.1 Å². The van der Waals surface area contributed by atoms with Crippen LogP contribution < -0.4 is 5.32 Å². The third-order valence-electron chi connectivity index (χ3n) is 3.86. The molecule has 148 valence electrons. The van der Waals surface area contributed by atoms with Crippen molar-refractivity contribution >= 4 is 33.4 Å². The van der Waals surface area contributed by atoms with Crippen LogP contribution in [0.15, 0.2) is 36.4 Å². The van der Waals surface area contributed by atoms with Gasteiger partial charge in [0.2, 0.25) is 0 Å². The first-order chi connectivity index (χ1) is 13.2. The van der Waals surface area contributed by atoms with Crippen molar-refractivity contribution in [2.75, 3.05) is 6.54 Å². The van der Waals surface area contributed by atoms with E-state index in [9.17, 15) is 22.8 Å². The molecule has 1 N–H and O–H groups in total. The maximum absolute atomic E-state index is 12.3. The topological polar surface area (TPSA) is 73.2 Å². The molecule has 0 saturated carbocycles. The molecule has 6 nitrogen and oxygen atoms in total. The summed E-state index contributed by atoms with van der Waals surface area (Å²) in [6.45, 7) is 1.54. The number of halogens is 3. The van der Waals surface area contributed by atoms with Gasteiger partial charge in [-0.05, 0) is 32.0 Å². The lowest BCUT2D eigenvalue weighted by molar-refractivity contribution is -0.143. The molecule has 0 radical (unpaired) electrons. The number of hydrogen-bond acceptors (Lipinski definition) is 5. The maximum Gasteiger partial charge on any atom is 0.405 e. The lowest BCUT2D eigenvalue weighted by Crippen LogP contribution is -2.40. The fourth-order valence-electron chi connectivity index (χ4n) is 2.50. The first-order valence-electron chi connectivity index (χ1n) is 8.26. The summed E-state index contributed by atoms with van der Waals surface area (Å²) in [6, 6.07) is 10.9. The number of para-hydroxylation sites is 1. The average Bonchev–Trinajstić information content (AvgIpc) is 3.20. The Morgan fingerprint density at radius 2 is 1.96 bits per heavy atom. The zero-order valence-corrected chi connectivity index (χ0v) is 15.7. The van der Waals surface area contributed by atoms with Crippen LogP contribution in [-0.4, -0.2) is 40.5 Å². The summed E-state index contributed by atoms with van der Waals surface area (Å²) in [5, 5.41) is 6.91. The van der Waals surface area contributed by atoms with Crippen LogP contribution in [0.2, 0.25) is 0 Å². The van der Waals surface area contributed by atoms with Crippen molar-refractivity contribution in [3.05, 3.63) is 47.0 Å². The van der Waals surface area contributed by atoms with Gasteiger partial charge in [-0.15, -0.1) is 11.3 Å². The fourth-order valence-corrected chi connectivity index (χ4v) is 3.56. The number of carbonyl (C=O) groups is 2. The van der Waals surface area contributed by atoms with E-state index in [1.807, 2.05) is 30.3 Å². The molecular weight excluding hydrogens is 395 g/mol. The van der Waals surface area contributed by atoms with Crippen LogP contribution in [0.3, 0.4) is 0 Å². The summed E-state index contributed by atoms with van der Waals surface area (Å²) in [6.07, 6.45) is -5.89. The summed E-state index contributed by atoms with van der Waals surface area (Å²) in [4.78, 5) is 25.0. The van der Waals surface area contributed by atoms with Gasteiger partial charge in [-0.1, -0.05) is 18.2 Å². The van der Waals surface area contributed by atoms with E-state index in [0.29, 0.717) is 5.69 Å². The minimum atomic E-state index is -4.54. The molecule has 0 spiro atoms. The second-order valence-electron chi connectivity index (χ2n) is 6.04. The molecule has 3 rings (SSSR count). The molecule has 0 aliphatic rings. The van der Waals surface area contributed by atoms with Crippen LogP contribution in [-0.2, 0) is 9.53 Å². The highest BCUT2D eigenvalue weighted by Gasteiger charge is 2.30. The summed E-state index contributed by atoms with van der Waals surface area (Å²) < 4.78 is 43.2. The van der Waals surface area contributed by atoms with Crippen LogP contribution in [0.1, 0.15) is 22.3 Å². The second kappa shape index (κ2) is 7.63. The first kappa shape index (κ1) is 19.9. The van der Waals surface area contributed by atoms with E-state index in [1.54, 1.807) is 23.0 Å². The molecule has 1 atom stereocenters. The number of nitrogens with one attached hydrogen (secondary N) is 1. The fraction of sp³-hybridized carbons (Fsp3) is 0.278. The van der Waals surface area contributed by atoms with Crippen LogP contribution in [0.25, 0.3) is 15.9 Å². The van der Waals surface area contributed by atoms with Crippen LogP contribution in [0.4, 0.5) is 13.2 Å². The molecule has 0 fully saturated rings. The Bertz CT molecular complexity index is 1010. The van der Waals surface area contributed by atoms with Crippen molar-refractivity contribution in [1.29, 1.82) is 0 Å². The third kappa shape index (κ3) is 4.33. The largest absolute Gasteiger partial charge is 0.448 e. The maximum atomic E-state index is 12.3. The van der Waals surface area contributed by atoms with Crippen molar-refractivity contribution in [1.82, 2.24) is 15.1 Å². The van der Waals surface area contributed by atoms with E-state index in [0.717, 1.165) is 27.2 Å². The molecule has 28 heavy (non-hydrogen) atoms. The van der Waals surface area contributed by atoms with Crippen molar-refractivity contribution < 1.29 is 27.5 Å². The minimum absolute atomic E-state index is 0.232. The summed E-state index contributed by atoms with van der Waals surface area (Å²) in [5.74, 6) is -1.80. The number of thiophene rings is 1. The number of carbonyl (C=O) groups excluding carboxylic acids is 2. The predicted molar refractivity (Wildman–Crippen MR) is 97.6 cm³/mol. The molecule has 2 heterocycles. The van der Waals surface area contributed by atoms with Gasteiger partial charge in [0.1, 0.15) is 16.3 Å². The Labute approximate surface area is 161 Å². The van der Waals surface area contributed by atoms with Crippen LogP contribution >= 0.6 is 11.3 Å². The van der Waals surface area contributed by atoms with E-state index >= 15 is 0 Å². The molecular formula is C18H16F3N3O3S. The lowest BCUT2D eigenvalue weighted by Gasteiger charge is -2.14. The number of esters is 1. The standard InChI is InChI=1S/C18H16F3N3O3S/c1-10-13-8-14(17(26)27-11(2)15(25)22-9-18(19,20)21)28-16(13)24(23-10)12-6-4-3-5-7-12/h3-8,11H,9H2,1-2H3,(H,22,25). The molecule has 0 aliphatic carbocycles. The normalized spacial score (nSPS) is 12.8. The predicted octanol–water partition coefficient (Wildman–Crippen LogP) is 3.62. The Hall–Kier alpha value is -2.88. The Morgan fingerprint density at radius 1 is 1.29 bits per heavy atom. The van der Waals surface area contributed by atoms with Gasteiger partial charge in [-0.2, -0.15) is 18.3 Å². The Morgan fingerprint density at radius 3 is 2.61 bits per heavy atom. The highest BCUT2D eigenvalue weighted by atomic mass is 32.1. The van der Waals surface area contributed by atoms with Gasteiger partial charge >= 0.3 is 12.1 Å². The Kier molecular flexibility index (Phi) is 5.41. The van der Waals surface area contributed by atoms with Crippen LogP contribution in [0, 0.1) is 6.92 Å². The lowest BCUT2D eigenvalue weighted by atomic mass is 10.3. The smallest absolute Gasteiger partial charge is 0.405 e. The molecule has 0 bridgehead atoms. The molecule has 1 unspecified atom stereocenters. The second-order valence-corrected chi connectivity index (χ2v) is 7.07. The van der Waals surface area contributed by atoms with Crippen molar-refractivity contribution in [3.63, 3.8) is 0 Å². The van der Waals surface area contributed by atoms with E-state index in [1.165, 1.54) is 6.92 Å². The molecule has 0 aliphatic heterocycles. The number of amides is 1.